The van der Waals surface area contributed by atoms with Crippen LogP contribution < -0.4 is 21.1 Å². The fraction of sp³-hybridized carbons (Fsp3) is 0.333. The molecule has 4 N–H and O–H groups in total. The molecule has 0 amide bonds. The van der Waals surface area contributed by atoms with Crippen LogP contribution in [0.3, 0.4) is 0 Å². The zero-order valence-electron chi connectivity index (χ0n) is 14.6. The first-order valence-corrected chi connectivity index (χ1v) is 8.18. The number of allylic oxidation sites excluding steroid dienone is 1. The molecule has 2 aromatic rings. The molecule has 0 radical (unpaired) electrons. The summed E-state index contributed by atoms with van der Waals surface area (Å²) >= 11 is 0. The largest absolute Gasteiger partial charge is 0.497 e. The molecular weight excluding hydrogens is 318 g/mol. The van der Waals surface area contributed by atoms with E-state index in [1.807, 2.05) is 30.3 Å². The van der Waals surface area contributed by atoms with E-state index in [0.717, 1.165) is 29.2 Å². The lowest BCUT2D eigenvalue weighted by Gasteiger charge is -2.32. The van der Waals surface area contributed by atoms with Crippen LogP contribution in [0.4, 0.5) is 5.88 Å². The van der Waals surface area contributed by atoms with Gasteiger partial charge in [0.2, 0.25) is 5.88 Å². The van der Waals surface area contributed by atoms with Crippen molar-refractivity contribution in [1.29, 1.82) is 0 Å². The van der Waals surface area contributed by atoms with E-state index in [9.17, 15) is 0 Å². The number of aromatic nitrogens is 1. The molecule has 1 aliphatic heterocycles. The Balaban J connectivity index is 1.69. The molecule has 7 nitrogen and oxygen atoms in total. The van der Waals surface area contributed by atoms with E-state index in [2.05, 4.69) is 34.6 Å². The molecule has 1 aromatic carbocycles. The summed E-state index contributed by atoms with van der Waals surface area (Å²) in [4.78, 5) is 4.33. The number of hydrogen-bond donors (Lipinski definition) is 3. The van der Waals surface area contributed by atoms with Gasteiger partial charge in [-0.05, 0) is 36.3 Å². The quantitative estimate of drug-likeness (QED) is 0.747. The second kappa shape index (κ2) is 6.98. The maximum absolute atomic E-state index is 6.28. The predicted octanol–water partition coefficient (Wildman–Crippen LogP) is 2.94. The molecule has 1 aromatic heterocycles. The van der Waals surface area contributed by atoms with Crippen molar-refractivity contribution in [2.75, 3.05) is 12.4 Å². The van der Waals surface area contributed by atoms with Gasteiger partial charge in [-0.1, -0.05) is 19.0 Å². The summed E-state index contributed by atoms with van der Waals surface area (Å²) in [5.74, 6) is 1.64. The number of ether oxygens (including phenoxy) is 1. The van der Waals surface area contributed by atoms with Gasteiger partial charge in [-0.3, -0.25) is 10.7 Å². The smallest absolute Gasteiger partial charge is 0.230 e. The number of anilines is 1. The van der Waals surface area contributed by atoms with Crippen molar-refractivity contribution >= 4 is 12.1 Å². The van der Waals surface area contributed by atoms with E-state index in [1.165, 1.54) is 0 Å². The molecule has 0 spiro atoms. The van der Waals surface area contributed by atoms with Gasteiger partial charge in [0.1, 0.15) is 17.3 Å². The molecular formula is C18H23N5O2. The second-order valence-corrected chi connectivity index (χ2v) is 6.44. The lowest BCUT2D eigenvalue weighted by Crippen LogP contribution is -2.54. The number of benzene rings is 1. The third-order valence-corrected chi connectivity index (χ3v) is 3.77. The molecule has 1 unspecified atom stereocenters. The monoisotopic (exact) mass is 341 g/mol. The van der Waals surface area contributed by atoms with Crippen molar-refractivity contribution in [1.82, 2.24) is 10.5 Å². The average Bonchev–Trinajstić information content (AvgIpc) is 3.02. The summed E-state index contributed by atoms with van der Waals surface area (Å²) in [7, 11) is 1.64. The van der Waals surface area contributed by atoms with E-state index >= 15 is 0 Å². The number of hydrogen-bond acceptors (Lipinski definition) is 7. The summed E-state index contributed by atoms with van der Waals surface area (Å²) in [5, 5.41) is 10.4. The number of rotatable bonds is 6. The van der Waals surface area contributed by atoms with Crippen LogP contribution in [0.15, 0.2) is 51.7 Å². The predicted molar refractivity (Wildman–Crippen MR) is 98.2 cm³/mol. The van der Waals surface area contributed by atoms with Crippen molar-refractivity contribution in [3.8, 4) is 17.0 Å². The Kier molecular flexibility index (Phi) is 4.76. The van der Waals surface area contributed by atoms with E-state index in [4.69, 9.17) is 15.0 Å². The summed E-state index contributed by atoms with van der Waals surface area (Å²) in [5.41, 5.74) is 7.95. The highest BCUT2D eigenvalue weighted by Crippen LogP contribution is 2.25. The Hall–Kier alpha value is -2.80. The first kappa shape index (κ1) is 17.0. The van der Waals surface area contributed by atoms with E-state index in [1.54, 1.807) is 19.4 Å². The first-order valence-electron chi connectivity index (χ1n) is 8.18. The number of nitrogens with zero attached hydrogens (tertiary/aromatic N) is 2. The highest BCUT2D eigenvalue weighted by molar-refractivity contribution is 5.75. The van der Waals surface area contributed by atoms with Gasteiger partial charge in [0.05, 0.1) is 7.11 Å². The SMILES string of the molecule is COc1ccc(-c2cc(NC3=CC=NC(N)(CC(C)C)N3)on2)cc1. The topological polar surface area (TPSA) is 97.7 Å². The van der Waals surface area contributed by atoms with Crippen LogP contribution in [0.25, 0.3) is 11.3 Å². The van der Waals surface area contributed by atoms with Crippen molar-refractivity contribution in [3.63, 3.8) is 0 Å². The van der Waals surface area contributed by atoms with Crippen molar-refractivity contribution < 1.29 is 9.26 Å². The molecule has 0 aliphatic carbocycles. The van der Waals surface area contributed by atoms with E-state index < -0.39 is 5.79 Å². The van der Waals surface area contributed by atoms with Crippen LogP contribution in [0.2, 0.25) is 0 Å². The number of aliphatic imine (C=N–C) groups is 1. The van der Waals surface area contributed by atoms with E-state index in [0.29, 0.717) is 11.8 Å². The van der Waals surface area contributed by atoms with Gasteiger partial charge in [-0.25, -0.2) is 0 Å². The molecule has 132 valence electrons. The third-order valence-electron chi connectivity index (χ3n) is 3.77. The number of nitrogens with two attached hydrogens (primary N) is 1. The average molecular weight is 341 g/mol. The fourth-order valence-corrected chi connectivity index (χ4v) is 2.72. The van der Waals surface area contributed by atoms with Crippen molar-refractivity contribution in [3.05, 3.63) is 42.2 Å². The lowest BCUT2D eigenvalue weighted by atomic mass is 10.0. The third kappa shape index (κ3) is 4.19. The van der Waals surface area contributed by atoms with Crippen molar-refractivity contribution in [2.24, 2.45) is 16.6 Å². The normalized spacial score (nSPS) is 19.5. The van der Waals surface area contributed by atoms with Crippen LogP contribution in [-0.4, -0.2) is 24.3 Å². The maximum Gasteiger partial charge on any atom is 0.230 e. The van der Waals surface area contributed by atoms with Gasteiger partial charge in [0, 0.05) is 24.3 Å². The molecule has 0 saturated heterocycles. The molecule has 1 aliphatic rings. The standard InChI is InChI=1S/C18H23N5O2/c1-12(2)11-18(19)20-9-8-16(22-18)21-17-10-15(23-25-17)13-4-6-14(24-3)7-5-13/h4-10,12,21-22H,11,19H2,1-3H3. The number of methoxy groups -OCH3 is 1. The van der Waals surface area contributed by atoms with Crippen molar-refractivity contribution in [2.45, 2.75) is 26.1 Å². The fourth-order valence-electron chi connectivity index (χ4n) is 2.72. The minimum Gasteiger partial charge on any atom is -0.497 e. The van der Waals surface area contributed by atoms with Gasteiger partial charge >= 0.3 is 0 Å². The van der Waals surface area contributed by atoms with Gasteiger partial charge in [0.25, 0.3) is 0 Å². The first-order chi connectivity index (χ1) is 12.0. The molecule has 0 bridgehead atoms. The molecule has 2 heterocycles. The summed E-state index contributed by atoms with van der Waals surface area (Å²) in [6.07, 6.45) is 4.22. The van der Waals surface area contributed by atoms with Gasteiger partial charge in [0.15, 0.2) is 5.79 Å². The van der Waals surface area contributed by atoms with Crippen LogP contribution >= 0.6 is 0 Å². The molecule has 0 fully saturated rings. The van der Waals surface area contributed by atoms with Crippen LogP contribution in [0, 0.1) is 5.92 Å². The zero-order valence-corrected chi connectivity index (χ0v) is 14.6. The molecule has 7 heteroatoms. The maximum atomic E-state index is 6.28. The highest BCUT2D eigenvalue weighted by Gasteiger charge is 2.27. The molecule has 1 atom stereocenters. The zero-order chi connectivity index (χ0) is 17.9. The Labute approximate surface area is 146 Å². The Morgan fingerprint density at radius 3 is 2.76 bits per heavy atom. The van der Waals surface area contributed by atoms with Gasteiger partial charge < -0.3 is 19.9 Å². The second-order valence-electron chi connectivity index (χ2n) is 6.44. The minimum absolute atomic E-state index is 0.418. The lowest BCUT2D eigenvalue weighted by molar-refractivity contribution is 0.309. The van der Waals surface area contributed by atoms with E-state index in [-0.39, 0.29) is 0 Å². The van der Waals surface area contributed by atoms with Crippen LogP contribution in [-0.2, 0) is 0 Å². The Morgan fingerprint density at radius 1 is 1.32 bits per heavy atom. The Morgan fingerprint density at radius 2 is 2.08 bits per heavy atom. The highest BCUT2D eigenvalue weighted by atomic mass is 16.5. The Bertz CT molecular complexity index is 779. The van der Waals surface area contributed by atoms with Gasteiger partial charge in [-0.15, -0.1) is 0 Å². The number of nitrogens with one attached hydrogen (secondary N) is 2. The van der Waals surface area contributed by atoms with Crippen LogP contribution in [0.1, 0.15) is 20.3 Å². The summed E-state index contributed by atoms with van der Waals surface area (Å²) < 4.78 is 10.5. The summed E-state index contributed by atoms with van der Waals surface area (Å²) in [6, 6.07) is 9.45. The molecule has 0 saturated carbocycles. The molecule has 3 rings (SSSR count). The van der Waals surface area contributed by atoms with Crippen LogP contribution in [0.5, 0.6) is 5.75 Å². The summed E-state index contributed by atoms with van der Waals surface area (Å²) in [6.45, 7) is 4.21. The minimum atomic E-state index is -0.815. The molecule has 25 heavy (non-hydrogen) atoms. The van der Waals surface area contributed by atoms with Gasteiger partial charge in [-0.2, -0.15) is 0 Å².